The van der Waals surface area contributed by atoms with Crippen LogP contribution in [0.25, 0.3) is 0 Å². The summed E-state index contributed by atoms with van der Waals surface area (Å²) in [5.74, 6) is -0.239. The molecule has 0 aliphatic rings. The summed E-state index contributed by atoms with van der Waals surface area (Å²) >= 11 is 0. The maximum absolute atomic E-state index is 12.1. The van der Waals surface area contributed by atoms with Crippen LogP contribution in [-0.2, 0) is 15.8 Å². The Labute approximate surface area is 107 Å². The monoisotopic (exact) mass is 268 g/mol. The second kappa shape index (κ2) is 5.96. The van der Waals surface area contributed by atoms with E-state index in [0.29, 0.717) is 11.1 Å². The van der Waals surface area contributed by atoms with Crippen LogP contribution < -0.4 is 0 Å². The molecule has 0 amide bonds. The molecule has 0 aliphatic carbocycles. The second-order valence-electron chi connectivity index (χ2n) is 4.07. The lowest BCUT2D eigenvalue weighted by atomic mass is 10.1. The number of benzene rings is 1. The standard InChI is InChI=1S/C12H16N2O3S/c1-10(8-15)14(2)18(16,17)9-12-6-4-3-5-11(12)7-13/h3-6,10,15H,8-9H2,1-2H3. The molecule has 0 spiro atoms. The lowest BCUT2D eigenvalue weighted by molar-refractivity contribution is 0.213. The van der Waals surface area contributed by atoms with Gasteiger partial charge in [-0.3, -0.25) is 0 Å². The second-order valence-corrected chi connectivity index (χ2v) is 6.10. The maximum atomic E-state index is 12.1. The molecule has 1 atom stereocenters. The molecule has 0 aromatic heterocycles. The van der Waals surface area contributed by atoms with Gasteiger partial charge in [-0.05, 0) is 18.6 Å². The highest BCUT2D eigenvalue weighted by atomic mass is 32.2. The fraction of sp³-hybridized carbons (Fsp3) is 0.417. The molecule has 6 heteroatoms. The summed E-state index contributed by atoms with van der Waals surface area (Å²) in [5.41, 5.74) is 0.822. The molecule has 0 bridgehead atoms. The van der Waals surface area contributed by atoms with Crippen molar-refractivity contribution in [1.82, 2.24) is 4.31 Å². The zero-order chi connectivity index (χ0) is 13.8. The van der Waals surface area contributed by atoms with Crippen molar-refractivity contribution in [3.63, 3.8) is 0 Å². The van der Waals surface area contributed by atoms with E-state index in [-0.39, 0.29) is 12.4 Å². The molecule has 0 radical (unpaired) electrons. The molecule has 5 nitrogen and oxygen atoms in total. The summed E-state index contributed by atoms with van der Waals surface area (Å²) < 4.78 is 25.3. The molecular weight excluding hydrogens is 252 g/mol. The predicted octanol–water partition coefficient (Wildman–Crippen LogP) is 0.701. The van der Waals surface area contributed by atoms with Gasteiger partial charge in [0, 0.05) is 13.1 Å². The van der Waals surface area contributed by atoms with Crippen molar-refractivity contribution in [1.29, 1.82) is 5.26 Å². The molecule has 1 N–H and O–H groups in total. The van der Waals surface area contributed by atoms with Crippen LogP contribution in [0.1, 0.15) is 18.1 Å². The number of nitrogens with zero attached hydrogens (tertiary/aromatic N) is 2. The highest BCUT2D eigenvalue weighted by Crippen LogP contribution is 2.15. The van der Waals surface area contributed by atoms with Gasteiger partial charge in [0.2, 0.25) is 10.0 Å². The van der Waals surface area contributed by atoms with E-state index in [0.717, 1.165) is 4.31 Å². The number of aliphatic hydroxyl groups is 1. The van der Waals surface area contributed by atoms with E-state index >= 15 is 0 Å². The quantitative estimate of drug-likeness (QED) is 0.852. The number of hydrogen-bond donors (Lipinski definition) is 1. The summed E-state index contributed by atoms with van der Waals surface area (Å²) in [6.45, 7) is 1.38. The normalized spacial score (nSPS) is 13.3. The van der Waals surface area contributed by atoms with E-state index < -0.39 is 16.1 Å². The number of hydrogen-bond acceptors (Lipinski definition) is 4. The third-order valence-electron chi connectivity index (χ3n) is 2.80. The molecule has 0 aliphatic heterocycles. The zero-order valence-corrected chi connectivity index (χ0v) is 11.2. The van der Waals surface area contributed by atoms with Gasteiger partial charge >= 0.3 is 0 Å². The van der Waals surface area contributed by atoms with Crippen LogP contribution in [0, 0.1) is 11.3 Å². The van der Waals surface area contributed by atoms with Crippen LogP contribution >= 0.6 is 0 Å². The van der Waals surface area contributed by atoms with Crippen molar-refractivity contribution < 1.29 is 13.5 Å². The maximum Gasteiger partial charge on any atom is 0.218 e. The lowest BCUT2D eigenvalue weighted by Gasteiger charge is -2.22. The smallest absolute Gasteiger partial charge is 0.218 e. The molecule has 0 saturated carbocycles. The molecule has 0 saturated heterocycles. The van der Waals surface area contributed by atoms with E-state index in [1.807, 2.05) is 6.07 Å². The van der Waals surface area contributed by atoms with Crippen LogP contribution in [0.4, 0.5) is 0 Å². The summed E-state index contributed by atoms with van der Waals surface area (Å²) in [4.78, 5) is 0. The first kappa shape index (κ1) is 14.6. The Morgan fingerprint density at radius 3 is 2.61 bits per heavy atom. The van der Waals surface area contributed by atoms with Crippen LogP contribution in [0.2, 0.25) is 0 Å². The number of rotatable bonds is 5. The Morgan fingerprint density at radius 1 is 1.44 bits per heavy atom. The molecule has 1 unspecified atom stereocenters. The summed E-state index contributed by atoms with van der Waals surface area (Å²) in [6, 6.07) is 8.07. The van der Waals surface area contributed by atoms with Crippen molar-refractivity contribution in [2.75, 3.05) is 13.7 Å². The molecule has 18 heavy (non-hydrogen) atoms. The van der Waals surface area contributed by atoms with Crippen molar-refractivity contribution in [2.45, 2.75) is 18.7 Å². The topological polar surface area (TPSA) is 81.4 Å². The van der Waals surface area contributed by atoms with E-state index in [2.05, 4.69) is 0 Å². The largest absolute Gasteiger partial charge is 0.395 e. The molecule has 1 aromatic rings. The summed E-state index contributed by atoms with van der Waals surface area (Å²) in [5, 5.41) is 17.9. The van der Waals surface area contributed by atoms with Gasteiger partial charge in [0.25, 0.3) is 0 Å². The van der Waals surface area contributed by atoms with Crippen LogP contribution in [-0.4, -0.2) is 37.5 Å². The Morgan fingerprint density at radius 2 is 2.06 bits per heavy atom. The third kappa shape index (κ3) is 3.29. The molecule has 1 rings (SSSR count). The van der Waals surface area contributed by atoms with E-state index in [1.54, 1.807) is 31.2 Å². The molecule has 98 valence electrons. The Balaban J connectivity index is 3.00. The first-order chi connectivity index (χ1) is 8.42. The minimum atomic E-state index is -3.54. The SMILES string of the molecule is CC(CO)N(C)S(=O)(=O)Cc1ccccc1C#N. The van der Waals surface area contributed by atoms with Gasteiger partial charge < -0.3 is 5.11 Å². The van der Waals surface area contributed by atoms with Crippen molar-refractivity contribution in [3.8, 4) is 6.07 Å². The minimum absolute atomic E-state index is 0.239. The molecular formula is C12H16N2O3S. The average Bonchev–Trinajstić information content (AvgIpc) is 2.37. The van der Waals surface area contributed by atoms with Crippen molar-refractivity contribution in [2.24, 2.45) is 0 Å². The van der Waals surface area contributed by atoms with Crippen LogP contribution in [0.15, 0.2) is 24.3 Å². The first-order valence-corrected chi connectivity index (χ1v) is 7.08. The van der Waals surface area contributed by atoms with Gasteiger partial charge in [0.05, 0.1) is 24.0 Å². The Bertz CT molecular complexity index is 549. The number of nitriles is 1. The van der Waals surface area contributed by atoms with E-state index in [1.165, 1.54) is 7.05 Å². The third-order valence-corrected chi connectivity index (χ3v) is 4.71. The average molecular weight is 268 g/mol. The minimum Gasteiger partial charge on any atom is -0.395 e. The highest BCUT2D eigenvalue weighted by molar-refractivity contribution is 7.88. The summed E-state index contributed by atoms with van der Waals surface area (Å²) in [6.07, 6.45) is 0. The Kier molecular flexibility index (Phi) is 4.84. The van der Waals surface area contributed by atoms with Gasteiger partial charge in [0.15, 0.2) is 0 Å². The number of sulfonamides is 1. The highest BCUT2D eigenvalue weighted by Gasteiger charge is 2.23. The number of aliphatic hydroxyl groups excluding tert-OH is 1. The first-order valence-electron chi connectivity index (χ1n) is 5.47. The van der Waals surface area contributed by atoms with Gasteiger partial charge in [-0.25, -0.2) is 8.42 Å². The van der Waals surface area contributed by atoms with Crippen LogP contribution in [0.5, 0.6) is 0 Å². The predicted molar refractivity (Wildman–Crippen MR) is 68.1 cm³/mol. The van der Waals surface area contributed by atoms with Gasteiger partial charge in [-0.15, -0.1) is 0 Å². The Hall–Kier alpha value is -1.42. The summed E-state index contributed by atoms with van der Waals surface area (Å²) in [7, 11) is -2.11. The number of likely N-dealkylation sites (N-methyl/N-ethyl adjacent to an activating group) is 1. The molecule has 0 heterocycles. The van der Waals surface area contributed by atoms with E-state index in [9.17, 15) is 8.42 Å². The van der Waals surface area contributed by atoms with Crippen molar-refractivity contribution >= 4 is 10.0 Å². The fourth-order valence-corrected chi connectivity index (χ4v) is 2.91. The lowest BCUT2D eigenvalue weighted by Crippen LogP contribution is -2.38. The molecule has 1 aromatic carbocycles. The van der Waals surface area contributed by atoms with Gasteiger partial charge in [-0.1, -0.05) is 18.2 Å². The zero-order valence-electron chi connectivity index (χ0n) is 10.4. The van der Waals surface area contributed by atoms with E-state index in [4.69, 9.17) is 10.4 Å². The molecule has 0 fully saturated rings. The fourth-order valence-electron chi connectivity index (χ4n) is 1.44. The van der Waals surface area contributed by atoms with Gasteiger partial charge in [-0.2, -0.15) is 9.57 Å². The van der Waals surface area contributed by atoms with Crippen LogP contribution in [0.3, 0.4) is 0 Å². The van der Waals surface area contributed by atoms with Crippen molar-refractivity contribution in [3.05, 3.63) is 35.4 Å². The van der Waals surface area contributed by atoms with Gasteiger partial charge in [0.1, 0.15) is 0 Å².